The van der Waals surface area contributed by atoms with Crippen molar-refractivity contribution in [1.82, 2.24) is 9.97 Å². The van der Waals surface area contributed by atoms with E-state index < -0.39 is 0 Å². The zero-order valence-electron chi connectivity index (χ0n) is 11.8. The van der Waals surface area contributed by atoms with E-state index in [0.29, 0.717) is 22.6 Å². The van der Waals surface area contributed by atoms with Crippen molar-refractivity contribution in [3.05, 3.63) is 54.2 Å². The van der Waals surface area contributed by atoms with Gasteiger partial charge >= 0.3 is 5.97 Å². The minimum atomic E-state index is -0.389. The molecule has 0 aliphatic heterocycles. The highest BCUT2D eigenvalue weighted by atomic mass is 16.5. The molecule has 5 nitrogen and oxygen atoms in total. The first-order chi connectivity index (χ1) is 10.7. The number of fused-ring (bicyclic) bond motifs is 2. The maximum Gasteiger partial charge on any atom is 0.337 e. The van der Waals surface area contributed by atoms with Gasteiger partial charge in [0.2, 0.25) is 5.89 Å². The first-order valence-corrected chi connectivity index (χ1v) is 6.81. The molecule has 2 heterocycles. The molecule has 0 saturated heterocycles. The number of benzene rings is 2. The molecule has 108 valence electrons. The van der Waals surface area contributed by atoms with Crippen molar-refractivity contribution in [2.75, 3.05) is 7.11 Å². The molecule has 5 heteroatoms. The molecule has 2 aromatic carbocycles. The molecule has 0 aliphatic carbocycles. The van der Waals surface area contributed by atoms with Gasteiger partial charge < -0.3 is 14.1 Å². The van der Waals surface area contributed by atoms with E-state index in [-0.39, 0.29) is 5.97 Å². The molecule has 1 N–H and O–H groups in total. The molecule has 0 atom stereocenters. The molecule has 0 fully saturated rings. The SMILES string of the molecule is COC(=O)c1ccc2oc(-c3ccc4[nH]ccc4c3)nc2c1. The number of nitrogens with one attached hydrogen (secondary N) is 1. The smallest absolute Gasteiger partial charge is 0.337 e. The Morgan fingerprint density at radius 2 is 2.09 bits per heavy atom. The monoisotopic (exact) mass is 292 g/mol. The van der Waals surface area contributed by atoms with Crippen LogP contribution in [0.25, 0.3) is 33.5 Å². The number of ether oxygens (including phenoxy) is 1. The molecule has 0 aliphatic rings. The number of H-pyrrole nitrogens is 1. The maximum atomic E-state index is 11.6. The fourth-order valence-electron chi connectivity index (χ4n) is 2.48. The highest BCUT2D eigenvalue weighted by Gasteiger charge is 2.12. The predicted octanol–water partition coefficient (Wildman–Crippen LogP) is 3.76. The van der Waals surface area contributed by atoms with Crippen LogP contribution in [0.5, 0.6) is 0 Å². The van der Waals surface area contributed by atoms with E-state index in [1.165, 1.54) is 7.11 Å². The molecule has 0 amide bonds. The quantitative estimate of drug-likeness (QED) is 0.571. The third kappa shape index (κ3) is 1.95. The van der Waals surface area contributed by atoms with Crippen molar-refractivity contribution in [2.24, 2.45) is 0 Å². The number of aromatic amines is 1. The van der Waals surface area contributed by atoms with Crippen LogP contribution >= 0.6 is 0 Å². The lowest BCUT2D eigenvalue weighted by atomic mass is 10.1. The lowest BCUT2D eigenvalue weighted by Crippen LogP contribution is -2.00. The minimum absolute atomic E-state index is 0.389. The van der Waals surface area contributed by atoms with Gasteiger partial charge in [0.05, 0.1) is 12.7 Å². The van der Waals surface area contributed by atoms with Gasteiger partial charge in [0, 0.05) is 22.7 Å². The van der Waals surface area contributed by atoms with E-state index in [1.807, 2.05) is 30.5 Å². The Labute approximate surface area is 125 Å². The normalized spacial score (nSPS) is 11.1. The number of aromatic nitrogens is 2. The minimum Gasteiger partial charge on any atom is -0.465 e. The number of carbonyl (C=O) groups is 1. The number of hydrogen-bond acceptors (Lipinski definition) is 4. The summed E-state index contributed by atoms with van der Waals surface area (Å²) in [4.78, 5) is 19.2. The maximum absolute atomic E-state index is 11.6. The zero-order valence-corrected chi connectivity index (χ0v) is 11.8. The average Bonchev–Trinajstić information content (AvgIpc) is 3.18. The van der Waals surface area contributed by atoms with Gasteiger partial charge in [-0.05, 0) is 42.5 Å². The highest BCUT2D eigenvalue weighted by molar-refractivity contribution is 5.93. The average molecular weight is 292 g/mol. The first-order valence-electron chi connectivity index (χ1n) is 6.81. The molecule has 0 bridgehead atoms. The number of esters is 1. The van der Waals surface area contributed by atoms with Gasteiger partial charge in [0.15, 0.2) is 5.58 Å². The van der Waals surface area contributed by atoms with Crippen LogP contribution in [0.1, 0.15) is 10.4 Å². The van der Waals surface area contributed by atoms with E-state index in [2.05, 4.69) is 9.97 Å². The number of nitrogens with zero attached hydrogens (tertiary/aromatic N) is 1. The molecule has 4 aromatic rings. The molecule has 2 aromatic heterocycles. The topological polar surface area (TPSA) is 68.1 Å². The van der Waals surface area contributed by atoms with Crippen molar-refractivity contribution in [3.8, 4) is 11.5 Å². The fourth-order valence-corrected chi connectivity index (χ4v) is 2.48. The Bertz CT molecular complexity index is 997. The van der Waals surface area contributed by atoms with Crippen molar-refractivity contribution < 1.29 is 13.9 Å². The summed E-state index contributed by atoms with van der Waals surface area (Å²) in [6.07, 6.45) is 1.89. The zero-order chi connectivity index (χ0) is 15.1. The Balaban J connectivity index is 1.82. The van der Waals surface area contributed by atoms with Crippen LogP contribution in [0.15, 0.2) is 53.1 Å². The van der Waals surface area contributed by atoms with Gasteiger partial charge in [-0.25, -0.2) is 9.78 Å². The molecule has 0 unspecified atom stereocenters. The van der Waals surface area contributed by atoms with E-state index in [9.17, 15) is 4.79 Å². The van der Waals surface area contributed by atoms with Gasteiger partial charge in [-0.1, -0.05) is 0 Å². The molecule has 4 rings (SSSR count). The number of rotatable bonds is 2. The van der Waals surface area contributed by atoms with E-state index in [0.717, 1.165) is 16.5 Å². The van der Waals surface area contributed by atoms with Crippen LogP contribution in [-0.4, -0.2) is 23.0 Å². The largest absolute Gasteiger partial charge is 0.465 e. The second-order valence-corrected chi connectivity index (χ2v) is 4.97. The van der Waals surface area contributed by atoms with Crippen molar-refractivity contribution in [3.63, 3.8) is 0 Å². The van der Waals surface area contributed by atoms with E-state index >= 15 is 0 Å². The Hall–Kier alpha value is -3.08. The summed E-state index contributed by atoms with van der Waals surface area (Å²) in [5.74, 6) is 0.139. The van der Waals surface area contributed by atoms with Gasteiger partial charge in [-0.3, -0.25) is 0 Å². The number of carbonyl (C=O) groups excluding carboxylic acids is 1. The highest BCUT2D eigenvalue weighted by Crippen LogP contribution is 2.27. The van der Waals surface area contributed by atoms with Gasteiger partial charge in [0.25, 0.3) is 0 Å². The third-order valence-corrected chi connectivity index (χ3v) is 3.61. The Morgan fingerprint density at radius 1 is 1.18 bits per heavy atom. The standard InChI is InChI=1S/C17H12N2O3/c1-21-17(20)12-3-5-15-14(9-12)19-16(22-15)11-2-4-13-10(8-11)6-7-18-13/h2-9,18H,1H3. The van der Waals surface area contributed by atoms with E-state index in [4.69, 9.17) is 9.15 Å². The van der Waals surface area contributed by atoms with Gasteiger partial charge in [-0.2, -0.15) is 0 Å². The number of hydrogen-bond donors (Lipinski definition) is 1. The molecular formula is C17H12N2O3. The lowest BCUT2D eigenvalue weighted by molar-refractivity contribution is 0.0601. The predicted molar refractivity (Wildman–Crippen MR) is 82.6 cm³/mol. The third-order valence-electron chi connectivity index (χ3n) is 3.61. The second kappa shape index (κ2) is 4.73. The Kier molecular flexibility index (Phi) is 2.72. The summed E-state index contributed by atoms with van der Waals surface area (Å²) >= 11 is 0. The van der Waals surface area contributed by atoms with Gasteiger partial charge in [0.1, 0.15) is 5.52 Å². The summed E-state index contributed by atoms with van der Waals surface area (Å²) in [6, 6.07) is 13.0. The first kappa shape index (κ1) is 12.6. The molecule has 0 spiro atoms. The summed E-state index contributed by atoms with van der Waals surface area (Å²) in [6.45, 7) is 0. The van der Waals surface area contributed by atoms with E-state index in [1.54, 1.807) is 18.2 Å². The lowest BCUT2D eigenvalue weighted by Gasteiger charge is -1.96. The van der Waals surface area contributed by atoms with Crippen molar-refractivity contribution >= 4 is 28.0 Å². The van der Waals surface area contributed by atoms with Crippen LogP contribution in [0.2, 0.25) is 0 Å². The number of oxazole rings is 1. The second-order valence-electron chi connectivity index (χ2n) is 4.97. The van der Waals surface area contributed by atoms with Crippen LogP contribution in [0, 0.1) is 0 Å². The summed E-state index contributed by atoms with van der Waals surface area (Å²) < 4.78 is 10.5. The molecule has 22 heavy (non-hydrogen) atoms. The van der Waals surface area contributed by atoms with Crippen molar-refractivity contribution in [1.29, 1.82) is 0 Å². The number of methoxy groups -OCH3 is 1. The molecule has 0 saturated carbocycles. The summed E-state index contributed by atoms with van der Waals surface area (Å²) in [7, 11) is 1.35. The van der Waals surface area contributed by atoms with Crippen LogP contribution in [-0.2, 0) is 4.74 Å². The molecule has 0 radical (unpaired) electrons. The van der Waals surface area contributed by atoms with Gasteiger partial charge in [-0.15, -0.1) is 0 Å². The molecular weight excluding hydrogens is 280 g/mol. The van der Waals surface area contributed by atoms with Crippen molar-refractivity contribution in [2.45, 2.75) is 0 Å². The summed E-state index contributed by atoms with van der Waals surface area (Å²) in [5, 5.41) is 1.09. The fraction of sp³-hybridized carbons (Fsp3) is 0.0588. The Morgan fingerprint density at radius 3 is 2.95 bits per heavy atom. The van der Waals surface area contributed by atoms with Crippen LogP contribution in [0.3, 0.4) is 0 Å². The van der Waals surface area contributed by atoms with Crippen LogP contribution in [0.4, 0.5) is 0 Å². The summed E-state index contributed by atoms with van der Waals surface area (Å²) in [5.41, 5.74) is 3.68. The van der Waals surface area contributed by atoms with Crippen LogP contribution < -0.4 is 0 Å².